The lowest BCUT2D eigenvalue weighted by atomic mass is 10.1. The molecule has 0 radical (unpaired) electrons. The van der Waals surface area contributed by atoms with Gasteiger partial charge in [0, 0.05) is 51.4 Å². The van der Waals surface area contributed by atoms with Gasteiger partial charge >= 0.3 is 0 Å². The lowest BCUT2D eigenvalue weighted by molar-refractivity contribution is 0.424. The second-order valence-electron chi connectivity index (χ2n) is 6.53. The average Bonchev–Trinajstić information content (AvgIpc) is 2.71. The summed E-state index contributed by atoms with van der Waals surface area (Å²) in [6.07, 6.45) is 0. The molecule has 0 aliphatic rings. The molecule has 3 rings (SSSR count). The van der Waals surface area contributed by atoms with E-state index < -0.39 is 0 Å². The monoisotopic (exact) mass is 409 g/mol. The van der Waals surface area contributed by atoms with E-state index in [1.54, 1.807) is 10.4 Å². The number of fused-ring (bicyclic) bond motifs is 3. The molecule has 0 saturated heterocycles. The number of nitrogens with zero attached hydrogens (tertiary/aromatic N) is 1. The van der Waals surface area contributed by atoms with Crippen LogP contribution in [-0.2, 0) is 5.54 Å². The predicted molar refractivity (Wildman–Crippen MR) is 106 cm³/mol. The third-order valence-corrected chi connectivity index (χ3v) is 9.78. The molecule has 1 aromatic heterocycles. The zero-order chi connectivity index (χ0) is 14.7. The molecule has 0 bridgehead atoms. The van der Waals surface area contributed by atoms with Gasteiger partial charge in [-0.3, -0.25) is 0 Å². The van der Waals surface area contributed by atoms with Gasteiger partial charge in [-0.25, -0.2) is 0 Å². The standard InChI is InChI=1S/C16H20INSi2/c1-16(2,3)18-12-7-5-4-6-9(12)10-8-11(17)14(19)15(20)13(10)18/h4-8H,1-3,19-20H3. The fraction of sp³-hybridized carbons (Fsp3) is 0.250. The third kappa shape index (κ3) is 2.00. The number of hydrogen-bond donors (Lipinski definition) is 0. The highest BCUT2D eigenvalue weighted by Crippen LogP contribution is 2.33. The Morgan fingerprint density at radius 3 is 2.30 bits per heavy atom. The van der Waals surface area contributed by atoms with Gasteiger partial charge in [0.1, 0.15) is 0 Å². The molecule has 104 valence electrons. The Bertz CT molecular complexity index is 828. The molecule has 0 spiro atoms. The van der Waals surface area contributed by atoms with E-state index in [4.69, 9.17) is 0 Å². The van der Waals surface area contributed by atoms with Gasteiger partial charge in [-0.15, -0.1) is 0 Å². The molecule has 2 aromatic carbocycles. The Morgan fingerprint density at radius 1 is 1.00 bits per heavy atom. The first kappa shape index (κ1) is 14.3. The highest BCUT2D eigenvalue weighted by Gasteiger charge is 2.22. The van der Waals surface area contributed by atoms with Crippen molar-refractivity contribution in [2.75, 3.05) is 0 Å². The minimum atomic E-state index is 0.112. The number of halogens is 1. The predicted octanol–water partition coefficient (Wildman–Crippen LogP) is 1.14. The van der Waals surface area contributed by atoms with Crippen LogP contribution in [-0.4, -0.2) is 25.1 Å². The van der Waals surface area contributed by atoms with Crippen molar-refractivity contribution in [1.29, 1.82) is 0 Å². The molecule has 1 nitrogen and oxygen atoms in total. The van der Waals surface area contributed by atoms with Crippen molar-refractivity contribution in [1.82, 2.24) is 4.57 Å². The minimum Gasteiger partial charge on any atom is -0.335 e. The van der Waals surface area contributed by atoms with Gasteiger partial charge in [-0.05, 0) is 60.7 Å². The SMILES string of the molecule is CC(C)(C)n1c2ccccc2c2cc(I)c([SiH3])c([SiH3])c21. The summed E-state index contributed by atoms with van der Waals surface area (Å²) in [7, 11) is 2.25. The van der Waals surface area contributed by atoms with Crippen LogP contribution in [0.5, 0.6) is 0 Å². The first-order valence-electron chi connectivity index (χ1n) is 7.01. The third-order valence-electron chi connectivity index (χ3n) is 4.13. The van der Waals surface area contributed by atoms with Crippen LogP contribution in [0, 0.1) is 3.57 Å². The molecule has 0 aliphatic heterocycles. The first-order chi connectivity index (χ1) is 9.32. The number of rotatable bonds is 0. The van der Waals surface area contributed by atoms with Crippen molar-refractivity contribution in [3.63, 3.8) is 0 Å². The molecule has 1 heterocycles. The molecular weight excluding hydrogens is 389 g/mol. The van der Waals surface area contributed by atoms with Gasteiger partial charge in [-0.2, -0.15) is 0 Å². The van der Waals surface area contributed by atoms with E-state index >= 15 is 0 Å². The molecule has 0 aliphatic carbocycles. The van der Waals surface area contributed by atoms with Gasteiger partial charge in [0.25, 0.3) is 0 Å². The summed E-state index contributed by atoms with van der Waals surface area (Å²) in [6.45, 7) is 6.93. The maximum atomic E-state index is 2.55. The second-order valence-corrected chi connectivity index (χ2v) is 9.69. The molecule has 0 N–H and O–H groups in total. The lowest BCUT2D eigenvalue weighted by Gasteiger charge is -2.25. The van der Waals surface area contributed by atoms with Crippen molar-refractivity contribution in [2.45, 2.75) is 26.3 Å². The number of hydrogen-bond acceptors (Lipinski definition) is 0. The molecular formula is C16H20INSi2. The number of benzene rings is 2. The molecule has 3 aromatic rings. The highest BCUT2D eigenvalue weighted by molar-refractivity contribution is 14.1. The van der Waals surface area contributed by atoms with E-state index in [2.05, 4.69) is 78.3 Å². The van der Waals surface area contributed by atoms with Gasteiger partial charge in [0.2, 0.25) is 0 Å². The summed E-state index contributed by atoms with van der Waals surface area (Å²) in [5.74, 6) is 0. The second kappa shape index (κ2) is 4.71. The fourth-order valence-electron chi connectivity index (χ4n) is 3.07. The average molecular weight is 409 g/mol. The summed E-state index contributed by atoms with van der Waals surface area (Å²) < 4.78 is 4.00. The van der Waals surface area contributed by atoms with Crippen molar-refractivity contribution in [3.05, 3.63) is 33.9 Å². The van der Waals surface area contributed by atoms with Crippen LogP contribution in [0.1, 0.15) is 20.8 Å². The van der Waals surface area contributed by atoms with Crippen LogP contribution in [0.4, 0.5) is 0 Å². The zero-order valence-electron chi connectivity index (χ0n) is 12.7. The largest absolute Gasteiger partial charge is 0.335 e. The Balaban J connectivity index is 2.67. The summed E-state index contributed by atoms with van der Waals surface area (Å²) in [4.78, 5) is 0. The Hall–Kier alpha value is -0.596. The molecule has 0 atom stereocenters. The normalized spacial score (nSPS) is 12.8. The van der Waals surface area contributed by atoms with Gasteiger partial charge in [0.05, 0.1) is 0 Å². The van der Waals surface area contributed by atoms with E-state index in [9.17, 15) is 0 Å². The quantitative estimate of drug-likeness (QED) is 0.388. The maximum absolute atomic E-state index is 2.55. The lowest BCUT2D eigenvalue weighted by Crippen LogP contribution is -2.33. The van der Waals surface area contributed by atoms with E-state index in [1.807, 2.05) is 0 Å². The summed E-state index contributed by atoms with van der Waals surface area (Å²) in [6, 6.07) is 11.2. The fourth-order valence-corrected chi connectivity index (χ4v) is 5.44. The number of para-hydroxylation sites is 1. The minimum absolute atomic E-state index is 0.112. The molecule has 0 fully saturated rings. The van der Waals surface area contributed by atoms with Crippen molar-refractivity contribution >= 4 is 75.3 Å². The topological polar surface area (TPSA) is 4.93 Å². The van der Waals surface area contributed by atoms with E-state index in [0.717, 1.165) is 20.5 Å². The van der Waals surface area contributed by atoms with Gasteiger partial charge in [0.15, 0.2) is 0 Å². The Kier molecular flexibility index (Phi) is 3.38. The molecule has 20 heavy (non-hydrogen) atoms. The maximum Gasteiger partial charge on any atom is 0.0496 e. The van der Waals surface area contributed by atoms with Crippen LogP contribution in [0.25, 0.3) is 21.8 Å². The smallest absolute Gasteiger partial charge is 0.0496 e. The molecule has 0 unspecified atom stereocenters. The van der Waals surface area contributed by atoms with Gasteiger partial charge in [-0.1, -0.05) is 23.4 Å². The molecule has 0 amide bonds. The Labute approximate surface area is 139 Å². The van der Waals surface area contributed by atoms with Crippen molar-refractivity contribution in [2.24, 2.45) is 0 Å². The van der Waals surface area contributed by atoms with E-state index in [-0.39, 0.29) is 5.54 Å². The van der Waals surface area contributed by atoms with Crippen LogP contribution < -0.4 is 10.4 Å². The summed E-state index contributed by atoms with van der Waals surface area (Å²) in [5, 5.41) is 6.03. The van der Waals surface area contributed by atoms with E-state index in [0.29, 0.717) is 0 Å². The highest BCUT2D eigenvalue weighted by atomic mass is 127. The van der Waals surface area contributed by atoms with E-state index in [1.165, 1.54) is 25.4 Å². The Morgan fingerprint density at radius 2 is 1.65 bits per heavy atom. The van der Waals surface area contributed by atoms with Crippen LogP contribution in [0.3, 0.4) is 0 Å². The van der Waals surface area contributed by atoms with Crippen molar-refractivity contribution in [3.8, 4) is 0 Å². The van der Waals surface area contributed by atoms with Crippen LogP contribution >= 0.6 is 22.6 Å². The molecule has 0 saturated carbocycles. The number of aromatic nitrogens is 1. The van der Waals surface area contributed by atoms with Gasteiger partial charge < -0.3 is 4.57 Å². The van der Waals surface area contributed by atoms with Crippen molar-refractivity contribution < 1.29 is 0 Å². The summed E-state index contributed by atoms with van der Waals surface area (Å²) in [5.41, 5.74) is 2.97. The van der Waals surface area contributed by atoms with Crippen LogP contribution in [0.15, 0.2) is 30.3 Å². The zero-order valence-corrected chi connectivity index (χ0v) is 18.9. The summed E-state index contributed by atoms with van der Waals surface area (Å²) >= 11 is 2.51. The molecule has 4 heteroatoms. The van der Waals surface area contributed by atoms with Crippen LogP contribution in [0.2, 0.25) is 0 Å². The first-order valence-corrected chi connectivity index (χ1v) is 10.1.